The zero-order chi connectivity index (χ0) is 20.2. The summed E-state index contributed by atoms with van der Waals surface area (Å²) in [5.41, 5.74) is -0.0619. The molecule has 27 heavy (non-hydrogen) atoms. The van der Waals surface area contributed by atoms with Crippen molar-refractivity contribution >= 4 is 27.7 Å². The summed E-state index contributed by atoms with van der Waals surface area (Å²) < 4.78 is 6.44. The molecule has 0 fully saturated rings. The molecule has 0 saturated heterocycles. The minimum absolute atomic E-state index is 0.292. The van der Waals surface area contributed by atoms with Gasteiger partial charge < -0.3 is 4.74 Å². The second-order valence-corrected chi connectivity index (χ2v) is 7.23. The Morgan fingerprint density at radius 3 is 1.56 bits per heavy atom. The summed E-state index contributed by atoms with van der Waals surface area (Å²) in [6.07, 6.45) is -0.595. The molecular weight excluding hydrogens is 404 g/mol. The summed E-state index contributed by atoms with van der Waals surface area (Å²) in [7, 11) is 2.91. The molecule has 0 aliphatic rings. The fraction of sp³-hybridized carbons (Fsp3) is 0.545. The molecule has 0 radical (unpaired) electrons. The Morgan fingerprint density at radius 2 is 1.30 bits per heavy atom. The van der Waals surface area contributed by atoms with Crippen LogP contribution in [-0.4, -0.2) is 53.7 Å². The van der Waals surface area contributed by atoms with Crippen molar-refractivity contribution in [2.75, 3.05) is 18.1 Å². The molecular formula is C11H20N8O6S2. The van der Waals surface area contributed by atoms with Gasteiger partial charge >= 0.3 is 28.9 Å². The normalized spacial score (nSPS) is 10.1. The molecule has 2 aromatic rings. The highest BCUT2D eigenvalue weighted by Crippen LogP contribution is 2.20. The van der Waals surface area contributed by atoms with E-state index in [1.807, 2.05) is 0 Å². The molecule has 0 saturated carbocycles. The predicted molar refractivity (Wildman–Crippen MR) is 101 cm³/mol. The van der Waals surface area contributed by atoms with Gasteiger partial charge in [0.25, 0.3) is 0 Å². The van der Waals surface area contributed by atoms with E-state index in [0.717, 1.165) is 9.13 Å². The van der Waals surface area contributed by atoms with Crippen LogP contribution in [0.3, 0.4) is 0 Å². The minimum Gasteiger partial charge on any atom is -0.449 e. The molecule has 0 atom stereocenters. The van der Waals surface area contributed by atoms with E-state index in [-0.39, 0.29) is 0 Å². The van der Waals surface area contributed by atoms with Gasteiger partial charge in [-0.1, -0.05) is 21.6 Å². The van der Waals surface area contributed by atoms with Crippen molar-refractivity contribution in [1.29, 1.82) is 0 Å². The van der Waals surface area contributed by atoms with E-state index < -0.39 is 28.9 Å². The monoisotopic (exact) mass is 424 g/mol. The smallest absolute Gasteiger partial charge is 0.421 e. The average Bonchev–Trinajstić information content (AvgIpc) is 3.14. The Bertz CT molecular complexity index is 799. The van der Waals surface area contributed by atoms with Gasteiger partial charge in [-0.05, 0) is 6.92 Å². The summed E-state index contributed by atoms with van der Waals surface area (Å²) in [6, 6.07) is 0. The summed E-state index contributed by atoms with van der Waals surface area (Å²) in [6.45, 7) is 2.64. The predicted octanol–water partition coefficient (Wildman–Crippen LogP) is -2.27. The first-order valence-corrected chi connectivity index (χ1v) is 10.0. The van der Waals surface area contributed by atoms with Crippen LogP contribution in [-0.2, 0) is 17.8 Å². The van der Waals surface area contributed by atoms with Gasteiger partial charge in [-0.3, -0.25) is 5.43 Å². The maximum Gasteiger partial charge on any atom is 0.421 e. The topological polar surface area (TPSA) is 206 Å². The number of nitrogens with zero attached hydrogens (tertiary/aromatic N) is 2. The average molecular weight is 424 g/mol. The van der Waals surface area contributed by atoms with Gasteiger partial charge in [-0.25, -0.2) is 59.3 Å². The molecule has 0 aromatic carbocycles. The fourth-order valence-electron chi connectivity index (χ4n) is 1.62. The molecule has 152 valence electrons. The number of carbonyl (C=O) groups excluding carboxylic acids is 1. The van der Waals surface area contributed by atoms with E-state index in [9.17, 15) is 24.0 Å². The molecule has 16 heteroatoms. The number of nitrogens with one attached hydrogen (secondary N) is 5. The number of hydrazine groups is 1. The Hall–Kier alpha value is -2.59. The van der Waals surface area contributed by atoms with E-state index in [1.54, 1.807) is 12.3 Å². The van der Waals surface area contributed by atoms with Crippen molar-refractivity contribution in [3.05, 3.63) is 41.9 Å². The van der Waals surface area contributed by atoms with Gasteiger partial charge in [0.1, 0.15) is 0 Å². The third kappa shape index (κ3) is 7.67. The van der Waals surface area contributed by atoms with Crippen LogP contribution in [0.15, 0.2) is 19.2 Å². The third-order valence-electron chi connectivity index (χ3n) is 2.81. The minimum atomic E-state index is -0.595. The lowest BCUT2D eigenvalue weighted by atomic mass is 10.7. The lowest BCUT2D eigenvalue weighted by Gasteiger charge is -2.00. The Labute approximate surface area is 158 Å². The van der Waals surface area contributed by atoms with Crippen molar-refractivity contribution in [2.45, 2.75) is 20.0 Å². The van der Waals surface area contributed by atoms with Gasteiger partial charge in [0.05, 0.1) is 6.61 Å². The van der Waals surface area contributed by atoms with Gasteiger partial charge in [-0.15, -0.1) is 0 Å². The summed E-state index contributed by atoms with van der Waals surface area (Å²) in [4.78, 5) is 54.6. The highest BCUT2D eigenvalue weighted by Gasteiger charge is 2.04. The lowest BCUT2D eigenvalue weighted by Crippen LogP contribution is -2.30. The van der Waals surface area contributed by atoms with Gasteiger partial charge in [0, 0.05) is 24.6 Å². The Kier molecular flexibility index (Phi) is 9.91. The second kappa shape index (κ2) is 11.9. The zero-order valence-electron chi connectivity index (χ0n) is 14.3. The SMILES string of the molecule is CCOC(=O)NN.O=c1[nH][nH]c(=O)n1CCSSCCn1c(=O)[nH][nH]c1=O. The maximum absolute atomic E-state index is 11.2. The number of ether oxygens (including phenoxy) is 1. The quantitative estimate of drug-likeness (QED) is 0.0886. The largest absolute Gasteiger partial charge is 0.449 e. The number of hydrogen-bond donors (Lipinski definition) is 6. The van der Waals surface area contributed by atoms with Crippen LogP contribution in [0.25, 0.3) is 0 Å². The first kappa shape index (κ1) is 22.5. The van der Waals surface area contributed by atoms with Crippen LogP contribution in [0.1, 0.15) is 6.92 Å². The third-order valence-corrected chi connectivity index (χ3v) is 5.17. The molecule has 7 N–H and O–H groups in total. The van der Waals surface area contributed by atoms with Crippen molar-refractivity contribution in [2.24, 2.45) is 5.84 Å². The molecule has 14 nitrogen and oxygen atoms in total. The molecule has 0 bridgehead atoms. The van der Waals surface area contributed by atoms with E-state index in [4.69, 9.17) is 0 Å². The van der Waals surface area contributed by atoms with Crippen LogP contribution < -0.4 is 34.0 Å². The van der Waals surface area contributed by atoms with Gasteiger partial charge in [0.15, 0.2) is 0 Å². The molecule has 2 heterocycles. The Balaban J connectivity index is 0.000000445. The van der Waals surface area contributed by atoms with Crippen LogP contribution in [0, 0.1) is 0 Å². The van der Waals surface area contributed by atoms with Crippen LogP contribution >= 0.6 is 21.6 Å². The van der Waals surface area contributed by atoms with E-state index >= 15 is 0 Å². The summed E-state index contributed by atoms with van der Waals surface area (Å²) >= 11 is 0. The molecule has 0 aliphatic heterocycles. The molecule has 2 rings (SSSR count). The molecule has 0 aliphatic carbocycles. The van der Waals surface area contributed by atoms with Crippen LogP contribution in [0.4, 0.5) is 4.79 Å². The molecule has 1 amide bonds. The van der Waals surface area contributed by atoms with Crippen molar-refractivity contribution in [3.63, 3.8) is 0 Å². The van der Waals surface area contributed by atoms with Gasteiger partial charge in [0.2, 0.25) is 0 Å². The second-order valence-electron chi connectivity index (χ2n) is 4.53. The van der Waals surface area contributed by atoms with E-state index in [1.165, 1.54) is 21.6 Å². The first-order valence-electron chi connectivity index (χ1n) is 7.53. The van der Waals surface area contributed by atoms with Crippen molar-refractivity contribution in [1.82, 2.24) is 35.0 Å². The Morgan fingerprint density at radius 1 is 0.926 bits per heavy atom. The molecule has 0 spiro atoms. The van der Waals surface area contributed by atoms with Crippen LogP contribution in [0.5, 0.6) is 0 Å². The van der Waals surface area contributed by atoms with Crippen molar-refractivity contribution < 1.29 is 9.53 Å². The number of carbonyl (C=O) groups is 1. The molecule has 2 aromatic heterocycles. The van der Waals surface area contributed by atoms with Crippen LogP contribution in [0.2, 0.25) is 0 Å². The number of nitrogens with two attached hydrogens (primary N) is 1. The molecule has 0 unspecified atom stereocenters. The first-order chi connectivity index (χ1) is 12.9. The summed E-state index contributed by atoms with van der Waals surface area (Å²) in [5, 5.41) is 8.78. The number of amides is 1. The van der Waals surface area contributed by atoms with Crippen molar-refractivity contribution in [3.8, 4) is 0 Å². The number of rotatable bonds is 8. The lowest BCUT2D eigenvalue weighted by molar-refractivity contribution is 0.152. The maximum atomic E-state index is 11.2. The highest BCUT2D eigenvalue weighted by atomic mass is 33.1. The number of aromatic nitrogens is 6. The fourth-order valence-corrected chi connectivity index (χ4v) is 3.53. The van der Waals surface area contributed by atoms with Gasteiger partial charge in [-0.2, -0.15) is 0 Å². The number of hydrogen-bond acceptors (Lipinski definition) is 9. The van der Waals surface area contributed by atoms with E-state index in [2.05, 4.69) is 31.0 Å². The van der Waals surface area contributed by atoms with E-state index in [0.29, 0.717) is 31.2 Å². The standard InChI is InChI=1S/C8H12N6O4S2.C3H8N2O2/c15-5-9-10-6(16)13(5)1-3-19-20-4-2-14-7(17)11-12-8(14)18;1-2-7-3(6)5-4/h1-4H2,(H,9,15)(H,10,16)(H,11,17)(H,12,18);2,4H2,1H3,(H,5,6). The number of H-pyrrole nitrogens is 4. The number of aromatic amines is 4. The summed E-state index contributed by atoms with van der Waals surface area (Å²) in [5.74, 6) is 5.75. The zero-order valence-corrected chi connectivity index (χ0v) is 15.9. The highest BCUT2D eigenvalue weighted by molar-refractivity contribution is 8.76.